The van der Waals surface area contributed by atoms with Gasteiger partial charge in [0.2, 0.25) is 5.91 Å². The van der Waals surface area contributed by atoms with Crippen molar-refractivity contribution in [3.05, 3.63) is 23.8 Å². The summed E-state index contributed by atoms with van der Waals surface area (Å²) < 4.78 is 22.5. The van der Waals surface area contributed by atoms with Crippen molar-refractivity contribution in [2.75, 3.05) is 32.8 Å². The molecule has 1 saturated carbocycles. The SMILES string of the molecule is COC(=O)c1ccc(NC(=O)C/N=C/C2(CF)CC2)c(OC)c1. The van der Waals surface area contributed by atoms with Gasteiger partial charge in [-0.2, -0.15) is 0 Å². The van der Waals surface area contributed by atoms with Crippen molar-refractivity contribution in [2.24, 2.45) is 10.4 Å². The number of benzene rings is 1. The largest absolute Gasteiger partial charge is 0.495 e. The highest BCUT2D eigenvalue weighted by Gasteiger charge is 2.41. The van der Waals surface area contributed by atoms with Gasteiger partial charge in [0.05, 0.1) is 32.1 Å². The van der Waals surface area contributed by atoms with Crippen LogP contribution in [0.4, 0.5) is 10.1 Å². The van der Waals surface area contributed by atoms with Crippen LogP contribution >= 0.6 is 0 Å². The summed E-state index contributed by atoms with van der Waals surface area (Å²) in [6.07, 6.45) is 3.08. The lowest BCUT2D eigenvalue weighted by Crippen LogP contribution is -2.17. The van der Waals surface area contributed by atoms with Gasteiger partial charge in [0.15, 0.2) is 0 Å². The number of esters is 1. The van der Waals surface area contributed by atoms with Crippen LogP contribution in [0.25, 0.3) is 0 Å². The average Bonchev–Trinajstić information content (AvgIpc) is 3.34. The second-order valence-corrected chi connectivity index (χ2v) is 5.42. The molecule has 1 N–H and O–H groups in total. The highest BCUT2D eigenvalue weighted by Crippen LogP contribution is 2.44. The number of ether oxygens (including phenoxy) is 2. The zero-order valence-electron chi connectivity index (χ0n) is 13.1. The molecule has 0 atom stereocenters. The van der Waals surface area contributed by atoms with Crippen molar-refractivity contribution >= 4 is 23.8 Å². The van der Waals surface area contributed by atoms with Crippen molar-refractivity contribution < 1.29 is 23.5 Å². The molecule has 0 aliphatic heterocycles. The van der Waals surface area contributed by atoms with Gasteiger partial charge in [-0.05, 0) is 31.0 Å². The molecule has 23 heavy (non-hydrogen) atoms. The molecule has 0 heterocycles. The molecule has 0 radical (unpaired) electrons. The van der Waals surface area contributed by atoms with E-state index in [1.54, 1.807) is 6.07 Å². The number of hydrogen-bond donors (Lipinski definition) is 1. The van der Waals surface area contributed by atoms with Crippen molar-refractivity contribution in [2.45, 2.75) is 12.8 Å². The van der Waals surface area contributed by atoms with Gasteiger partial charge in [-0.25, -0.2) is 4.79 Å². The van der Waals surface area contributed by atoms with Gasteiger partial charge in [-0.1, -0.05) is 0 Å². The third-order valence-electron chi connectivity index (χ3n) is 3.66. The van der Waals surface area contributed by atoms with Gasteiger partial charge in [0.25, 0.3) is 0 Å². The lowest BCUT2D eigenvalue weighted by atomic mass is 10.1. The van der Waals surface area contributed by atoms with E-state index < -0.39 is 18.1 Å². The van der Waals surface area contributed by atoms with E-state index in [1.807, 2.05) is 0 Å². The molecule has 0 aromatic heterocycles. The normalized spacial score (nSPS) is 15.3. The zero-order valence-corrected chi connectivity index (χ0v) is 13.1. The fourth-order valence-electron chi connectivity index (χ4n) is 2.01. The predicted molar refractivity (Wildman–Crippen MR) is 84.0 cm³/mol. The van der Waals surface area contributed by atoms with Gasteiger partial charge in [0.1, 0.15) is 12.3 Å². The first-order valence-electron chi connectivity index (χ1n) is 7.17. The molecule has 0 saturated heterocycles. The van der Waals surface area contributed by atoms with Crippen molar-refractivity contribution in [3.63, 3.8) is 0 Å². The number of carbonyl (C=O) groups excluding carboxylic acids is 2. The number of halogens is 1. The van der Waals surface area contributed by atoms with Crippen LogP contribution in [0.15, 0.2) is 23.2 Å². The number of alkyl halides is 1. The highest BCUT2D eigenvalue weighted by molar-refractivity contribution is 5.96. The summed E-state index contributed by atoms with van der Waals surface area (Å²) in [5.41, 5.74) is 0.297. The number of aliphatic imine (C=N–C) groups is 1. The molecule has 1 aliphatic rings. The summed E-state index contributed by atoms with van der Waals surface area (Å²) in [5, 5.41) is 2.65. The number of nitrogens with one attached hydrogen (secondary N) is 1. The minimum Gasteiger partial charge on any atom is -0.495 e. The second-order valence-electron chi connectivity index (χ2n) is 5.42. The molecule has 124 valence electrons. The monoisotopic (exact) mass is 322 g/mol. The van der Waals surface area contributed by atoms with Crippen LogP contribution in [0.1, 0.15) is 23.2 Å². The predicted octanol–water partition coefficient (Wildman–Crippen LogP) is 2.24. The third kappa shape index (κ3) is 4.28. The summed E-state index contributed by atoms with van der Waals surface area (Å²) in [6, 6.07) is 4.55. The standard InChI is InChI=1S/C16H19FN2O4/c1-22-13-7-11(15(21)23-2)3-4-12(13)19-14(20)8-18-10-16(9-17)5-6-16/h3-4,7,10H,5-6,8-9H2,1-2H3,(H,19,20)/b18-10+. The number of amides is 1. The molecule has 0 bridgehead atoms. The summed E-state index contributed by atoms with van der Waals surface area (Å²) in [5.74, 6) is -0.501. The van der Waals surface area contributed by atoms with E-state index in [4.69, 9.17) is 4.74 Å². The Morgan fingerprint density at radius 3 is 2.70 bits per heavy atom. The first kappa shape index (κ1) is 16.9. The van der Waals surface area contributed by atoms with Gasteiger partial charge in [-0.3, -0.25) is 14.2 Å². The van der Waals surface area contributed by atoms with E-state index in [9.17, 15) is 14.0 Å². The average molecular weight is 322 g/mol. The fraction of sp³-hybridized carbons (Fsp3) is 0.438. The first-order chi connectivity index (χ1) is 11.0. The fourth-order valence-corrected chi connectivity index (χ4v) is 2.01. The van der Waals surface area contributed by atoms with Gasteiger partial charge in [0, 0.05) is 11.6 Å². The van der Waals surface area contributed by atoms with Crippen LogP contribution in [0, 0.1) is 5.41 Å². The minimum absolute atomic E-state index is 0.0936. The van der Waals surface area contributed by atoms with E-state index in [0.717, 1.165) is 12.8 Å². The molecule has 6 nitrogen and oxygen atoms in total. The third-order valence-corrected chi connectivity index (χ3v) is 3.66. The molecule has 2 rings (SSSR count). The van der Waals surface area contributed by atoms with Gasteiger partial charge >= 0.3 is 5.97 Å². The van der Waals surface area contributed by atoms with E-state index in [0.29, 0.717) is 17.0 Å². The van der Waals surface area contributed by atoms with Crippen LogP contribution in [0.2, 0.25) is 0 Å². The van der Waals surface area contributed by atoms with Gasteiger partial charge in [-0.15, -0.1) is 0 Å². The Morgan fingerprint density at radius 2 is 2.13 bits per heavy atom. The van der Waals surface area contributed by atoms with Gasteiger partial charge < -0.3 is 14.8 Å². The van der Waals surface area contributed by atoms with Crippen LogP contribution in [0.5, 0.6) is 5.75 Å². The number of hydrogen-bond acceptors (Lipinski definition) is 5. The van der Waals surface area contributed by atoms with Crippen LogP contribution in [-0.4, -0.2) is 45.5 Å². The Labute approximate surface area is 133 Å². The molecular weight excluding hydrogens is 303 g/mol. The van der Waals surface area contributed by atoms with Crippen molar-refractivity contribution in [1.29, 1.82) is 0 Å². The van der Waals surface area contributed by atoms with E-state index >= 15 is 0 Å². The number of carbonyl (C=O) groups is 2. The minimum atomic E-state index is -0.494. The van der Waals surface area contributed by atoms with Crippen molar-refractivity contribution in [1.82, 2.24) is 0 Å². The summed E-state index contributed by atoms with van der Waals surface area (Å²) in [4.78, 5) is 27.3. The number of rotatable bonds is 7. The lowest BCUT2D eigenvalue weighted by Gasteiger charge is -2.11. The maximum Gasteiger partial charge on any atom is 0.337 e. The summed E-state index contributed by atoms with van der Waals surface area (Å²) in [7, 11) is 2.72. The quantitative estimate of drug-likeness (QED) is 0.617. The molecule has 1 fully saturated rings. The van der Waals surface area contributed by atoms with E-state index in [1.165, 1.54) is 32.6 Å². The maximum atomic E-state index is 12.7. The Morgan fingerprint density at radius 1 is 1.39 bits per heavy atom. The maximum absolute atomic E-state index is 12.7. The summed E-state index contributed by atoms with van der Waals surface area (Å²) in [6.45, 7) is -0.537. The molecule has 7 heteroatoms. The van der Waals surface area contributed by atoms with E-state index in [-0.39, 0.29) is 12.5 Å². The highest BCUT2D eigenvalue weighted by atomic mass is 19.1. The molecule has 1 aromatic carbocycles. The van der Waals surface area contributed by atoms with Crippen LogP contribution in [-0.2, 0) is 9.53 Å². The summed E-state index contributed by atoms with van der Waals surface area (Å²) >= 11 is 0. The first-order valence-corrected chi connectivity index (χ1v) is 7.17. The van der Waals surface area contributed by atoms with E-state index in [2.05, 4.69) is 15.0 Å². The molecule has 0 unspecified atom stereocenters. The Bertz CT molecular complexity index is 627. The van der Waals surface area contributed by atoms with Crippen LogP contribution < -0.4 is 10.1 Å². The molecular formula is C16H19FN2O4. The lowest BCUT2D eigenvalue weighted by molar-refractivity contribution is -0.114. The van der Waals surface area contributed by atoms with Crippen molar-refractivity contribution in [3.8, 4) is 5.75 Å². The number of anilines is 1. The molecule has 1 aromatic rings. The molecule has 1 aliphatic carbocycles. The Hall–Kier alpha value is -2.44. The Balaban J connectivity index is 1.98. The zero-order chi connectivity index (χ0) is 16.9. The smallest absolute Gasteiger partial charge is 0.337 e. The number of methoxy groups -OCH3 is 2. The topological polar surface area (TPSA) is 77.0 Å². The number of nitrogens with zero attached hydrogens (tertiary/aromatic N) is 1. The molecule has 0 spiro atoms. The van der Waals surface area contributed by atoms with Crippen LogP contribution in [0.3, 0.4) is 0 Å². The second kappa shape index (κ2) is 7.21. The molecule has 1 amide bonds. The Kier molecular flexibility index (Phi) is 5.31.